The molecule has 4 heterocycles. The number of halogens is 6. The van der Waals surface area contributed by atoms with Gasteiger partial charge >= 0.3 is 24.3 Å². The van der Waals surface area contributed by atoms with Crippen LogP contribution in [0.3, 0.4) is 0 Å². The molecule has 3 atom stereocenters. The Morgan fingerprint density at radius 2 is 1.77 bits per heavy atom. The van der Waals surface area contributed by atoms with Crippen LogP contribution in [0, 0.1) is 12.8 Å². The Bertz CT molecular complexity index is 1090. The summed E-state index contributed by atoms with van der Waals surface area (Å²) in [5.41, 5.74) is 3.74. The molecule has 17 heteroatoms. The van der Waals surface area contributed by atoms with Crippen LogP contribution in [0.5, 0.6) is 0 Å². The van der Waals surface area contributed by atoms with Crippen LogP contribution in [0.25, 0.3) is 0 Å². The van der Waals surface area contributed by atoms with Gasteiger partial charge in [-0.1, -0.05) is 0 Å². The molecule has 4 rings (SSSR count). The zero-order valence-electron chi connectivity index (χ0n) is 20.2. The number of hydrogen-bond acceptors (Lipinski definition) is 8. The van der Waals surface area contributed by atoms with E-state index in [9.17, 15) is 31.1 Å². The summed E-state index contributed by atoms with van der Waals surface area (Å²) in [5.74, 6) is -5.10. The van der Waals surface area contributed by atoms with E-state index in [0.29, 0.717) is 11.6 Å². The number of nitrogens with one attached hydrogen (secondary N) is 1. The van der Waals surface area contributed by atoms with Crippen LogP contribution in [0.15, 0.2) is 30.0 Å². The number of amides is 1. The van der Waals surface area contributed by atoms with Gasteiger partial charge < -0.3 is 20.3 Å². The van der Waals surface area contributed by atoms with Crippen molar-refractivity contribution in [1.82, 2.24) is 14.9 Å². The number of carbonyl (C=O) groups is 3. The molecule has 2 aromatic rings. The number of anilines is 1. The van der Waals surface area contributed by atoms with E-state index in [1.165, 1.54) is 4.88 Å². The summed E-state index contributed by atoms with van der Waals surface area (Å²) < 4.78 is 69.6. The minimum atomic E-state index is -5.08. The second-order valence-electron chi connectivity index (χ2n) is 8.38. The molecule has 0 aromatic carbocycles. The number of ether oxygens (including phenoxy) is 1. The van der Waals surface area contributed by atoms with Crippen molar-refractivity contribution in [3.05, 3.63) is 40.6 Å². The Labute approximate surface area is 221 Å². The zero-order chi connectivity index (χ0) is 29.4. The number of alkyl halides is 6. The lowest BCUT2D eigenvalue weighted by Gasteiger charge is -2.33. The number of pyridine rings is 1. The third kappa shape index (κ3) is 10.4. The highest BCUT2D eigenvalue weighted by molar-refractivity contribution is 7.09. The lowest BCUT2D eigenvalue weighted by atomic mass is 9.91. The summed E-state index contributed by atoms with van der Waals surface area (Å²) in [6, 6.07) is 3.65. The van der Waals surface area contributed by atoms with Crippen molar-refractivity contribution in [2.45, 2.75) is 50.9 Å². The van der Waals surface area contributed by atoms with Crippen molar-refractivity contribution in [2.24, 2.45) is 5.92 Å². The van der Waals surface area contributed by atoms with Gasteiger partial charge in [0.2, 0.25) is 0 Å². The van der Waals surface area contributed by atoms with Gasteiger partial charge in [0, 0.05) is 24.2 Å². The minimum absolute atomic E-state index is 0.0627. The van der Waals surface area contributed by atoms with Crippen LogP contribution < -0.4 is 5.32 Å². The highest BCUT2D eigenvalue weighted by atomic mass is 32.1. The number of carboxylic acid groups (broad SMARTS) is 2. The quantitative estimate of drug-likeness (QED) is 0.457. The van der Waals surface area contributed by atoms with Crippen molar-refractivity contribution < 1.29 is 55.7 Å². The van der Waals surface area contributed by atoms with E-state index in [-0.39, 0.29) is 18.1 Å². The monoisotopic (exact) mass is 586 g/mol. The summed E-state index contributed by atoms with van der Waals surface area (Å²) in [7, 11) is 0. The van der Waals surface area contributed by atoms with E-state index in [1.807, 2.05) is 17.6 Å². The Morgan fingerprint density at radius 1 is 1.15 bits per heavy atom. The lowest BCUT2D eigenvalue weighted by molar-refractivity contribution is -0.193. The van der Waals surface area contributed by atoms with Crippen molar-refractivity contribution >= 4 is 34.9 Å². The predicted molar refractivity (Wildman–Crippen MR) is 124 cm³/mol. The average Bonchev–Trinajstić information content (AvgIpc) is 3.45. The first-order chi connectivity index (χ1) is 18.1. The average molecular weight is 587 g/mol. The number of carboxylic acids is 2. The molecular weight excluding hydrogens is 562 g/mol. The fourth-order valence-corrected chi connectivity index (χ4v) is 4.47. The van der Waals surface area contributed by atoms with Gasteiger partial charge in [0.15, 0.2) is 0 Å². The van der Waals surface area contributed by atoms with Gasteiger partial charge in [-0.3, -0.25) is 14.7 Å². The predicted octanol–water partition coefficient (Wildman–Crippen LogP) is 3.73. The topological polar surface area (TPSA) is 142 Å². The number of rotatable bonds is 4. The van der Waals surface area contributed by atoms with Crippen molar-refractivity contribution in [3.63, 3.8) is 0 Å². The number of fused-ring (bicyclic) bond motifs is 1. The molecule has 216 valence electrons. The van der Waals surface area contributed by atoms with Gasteiger partial charge in [0.05, 0.1) is 29.2 Å². The zero-order valence-corrected chi connectivity index (χ0v) is 21.0. The van der Waals surface area contributed by atoms with Crippen molar-refractivity contribution in [2.75, 3.05) is 18.4 Å². The van der Waals surface area contributed by atoms with E-state index in [4.69, 9.17) is 24.5 Å². The van der Waals surface area contributed by atoms with Crippen molar-refractivity contribution in [1.29, 1.82) is 0 Å². The van der Waals surface area contributed by atoms with Crippen LogP contribution >= 0.6 is 11.3 Å². The number of nitrogens with zero attached hydrogens (tertiary/aromatic N) is 3. The Morgan fingerprint density at radius 3 is 2.26 bits per heavy atom. The standard InChI is InChI=1S/C18H22N4O2S.2C2HF3O2/c1-12-17(25-11-20-12)10-22-6-4-13-7-15(24-16(13)9-22)18(23)21-14-3-2-5-19-8-14;2*3-2(4,5)1(6)7/h2-3,5,8,11,13,15-16H,4,6-7,9-10H2,1H3,(H,21,23);2*(H,6,7)/t13-,15-,16+;;/m0../s1. The van der Waals surface area contributed by atoms with E-state index < -0.39 is 24.3 Å². The number of thiazole rings is 1. The molecule has 2 aromatic heterocycles. The van der Waals surface area contributed by atoms with Crippen LogP contribution in [0.2, 0.25) is 0 Å². The van der Waals surface area contributed by atoms with Crippen LogP contribution in [0.1, 0.15) is 23.4 Å². The number of hydrogen-bond donors (Lipinski definition) is 3. The Kier molecular flexibility index (Phi) is 11.2. The van der Waals surface area contributed by atoms with Gasteiger partial charge in [-0.15, -0.1) is 11.3 Å². The number of aliphatic carboxylic acids is 2. The Hall–Kier alpha value is -3.31. The molecule has 0 aliphatic carbocycles. The largest absolute Gasteiger partial charge is 0.490 e. The molecule has 10 nitrogen and oxygen atoms in total. The fourth-order valence-electron chi connectivity index (χ4n) is 3.65. The van der Waals surface area contributed by atoms with E-state index in [0.717, 1.165) is 38.2 Å². The Balaban J connectivity index is 0.000000317. The molecule has 2 aliphatic rings. The molecular formula is C22H24F6N4O6S. The van der Waals surface area contributed by atoms with Gasteiger partial charge in [0.25, 0.3) is 5.91 Å². The highest BCUT2D eigenvalue weighted by Gasteiger charge is 2.42. The molecule has 2 saturated heterocycles. The first-order valence-corrected chi connectivity index (χ1v) is 12.0. The minimum Gasteiger partial charge on any atom is -0.475 e. The number of aryl methyl sites for hydroxylation is 1. The summed E-state index contributed by atoms with van der Waals surface area (Å²) in [6.07, 6.45) is -5.15. The molecule has 0 radical (unpaired) electrons. The molecule has 0 bridgehead atoms. The molecule has 3 N–H and O–H groups in total. The summed E-state index contributed by atoms with van der Waals surface area (Å²) >= 11 is 1.71. The maximum Gasteiger partial charge on any atom is 0.490 e. The first kappa shape index (κ1) is 31.9. The second kappa shape index (κ2) is 13.7. The number of likely N-dealkylation sites (tertiary alicyclic amines) is 1. The molecule has 0 saturated carbocycles. The first-order valence-electron chi connectivity index (χ1n) is 11.2. The molecule has 2 fully saturated rings. The third-order valence-corrected chi connectivity index (χ3v) is 6.47. The molecule has 0 spiro atoms. The molecule has 39 heavy (non-hydrogen) atoms. The number of carbonyl (C=O) groups excluding carboxylic acids is 1. The normalized spacial score (nSPS) is 20.9. The van der Waals surface area contributed by atoms with Gasteiger partial charge in [-0.05, 0) is 44.4 Å². The summed E-state index contributed by atoms with van der Waals surface area (Å²) in [5, 5.41) is 17.2. The smallest absolute Gasteiger partial charge is 0.475 e. The van der Waals surface area contributed by atoms with Crippen molar-refractivity contribution in [3.8, 4) is 0 Å². The molecule has 0 unspecified atom stereocenters. The maximum absolute atomic E-state index is 12.5. The maximum atomic E-state index is 12.5. The van der Waals surface area contributed by atoms with E-state index in [2.05, 4.69) is 27.1 Å². The lowest BCUT2D eigenvalue weighted by Crippen LogP contribution is -2.41. The van der Waals surface area contributed by atoms with Crippen LogP contribution in [-0.2, 0) is 25.7 Å². The second-order valence-corrected chi connectivity index (χ2v) is 9.32. The number of aromatic nitrogens is 2. The van der Waals surface area contributed by atoms with Crippen LogP contribution in [-0.4, -0.2) is 80.6 Å². The van der Waals surface area contributed by atoms with E-state index >= 15 is 0 Å². The van der Waals surface area contributed by atoms with Gasteiger partial charge in [0.1, 0.15) is 6.10 Å². The summed E-state index contributed by atoms with van der Waals surface area (Å²) in [6.45, 7) is 4.93. The molecule has 1 amide bonds. The SMILES string of the molecule is Cc1ncsc1CN1CC[C@H]2C[C@@H](C(=O)Nc3cccnc3)O[C@@H]2C1.O=C(O)C(F)(F)F.O=C(O)C(F)(F)F. The third-order valence-electron chi connectivity index (χ3n) is 5.55. The fraction of sp³-hybridized carbons (Fsp3) is 0.500. The van der Waals surface area contributed by atoms with Gasteiger partial charge in [-0.25, -0.2) is 14.6 Å². The molecule has 2 aliphatic heterocycles. The van der Waals surface area contributed by atoms with Gasteiger partial charge in [-0.2, -0.15) is 26.3 Å². The number of piperidine rings is 1. The van der Waals surface area contributed by atoms with Crippen LogP contribution in [0.4, 0.5) is 32.0 Å². The highest BCUT2D eigenvalue weighted by Crippen LogP contribution is 2.34. The summed E-state index contributed by atoms with van der Waals surface area (Å²) in [4.78, 5) is 42.3. The van der Waals surface area contributed by atoms with E-state index in [1.54, 1.807) is 23.7 Å².